The lowest BCUT2D eigenvalue weighted by molar-refractivity contribution is -0.123. The number of benzene rings is 2. The van der Waals surface area contributed by atoms with Crippen LogP contribution in [0.25, 0.3) is 0 Å². The summed E-state index contributed by atoms with van der Waals surface area (Å²) in [7, 11) is 1.55. The monoisotopic (exact) mass is 399 g/mol. The molecule has 1 atom stereocenters. The summed E-state index contributed by atoms with van der Waals surface area (Å²) in [6, 6.07) is 10.5. The standard InChI is InChI=1S/C21H25N3O5/c1-13-4-6-17(27-3)16(8-13)24-20(25)11-22-14(2)21(26)23-10-15-5-7-18-19(9-15)29-12-28-18/h4-9,14,22H,10-12H2,1-3H3,(H,23,26)(H,24,25). The molecule has 0 fully saturated rings. The van der Waals surface area contributed by atoms with Crippen LogP contribution < -0.4 is 30.2 Å². The molecule has 0 aliphatic carbocycles. The van der Waals surface area contributed by atoms with Gasteiger partial charge in [-0.3, -0.25) is 14.9 Å². The maximum atomic E-state index is 12.3. The number of aryl methyl sites for hydroxylation is 1. The van der Waals surface area contributed by atoms with E-state index in [9.17, 15) is 9.59 Å². The highest BCUT2D eigenvalue weighted by Gasteiger charge is 2.16. The van der Waals surface area contributed by atoms with E-state index in [4.69, 9.17) is 14.2 Å². The molecule has 0 saturated carbocycles. The average molecular weight is 399 g/mol. The molecule has 2 aromatic carbocycles. The lowest BCUT2D eigenvalue weighted by Gasteiger charge is -2.15. The van der Waals surface area contributed by atoms with E-state index in [1.54, 1.807) is 20.1 Å². The molecule has 8 heteroatoms. The highest BCUT2D eigenvalue weighted by atomic mass is 16.7. The third-order valence-corrected chi connectivity index (χ3v) is 4.49. The summed E-state index contributed by atoms with van der Waals surface area (Å²) < 4.78 is 15.9. The first-order chi connectivity index (χ1) is 14.0. The van der Waals surface area contributed by atoms with Gasteiger partial charge in [-0.25, -0.2) is 0 Å². The molecule has 0 spiro atoms. The third-order valence-electron chi connectivity index (χ3n) is 4.49. The third kappa shape index (κ3) is 5.39. The molecule has 1 unspecified atom stereocenters. The normalized spacial score (nSPS) is 12.9. The van der Waals surface area contributed by atoms with Crippen LogP contribution in [0.4, 0.5) is 5.69 Å². The Balaban J connectivity index is 1.45. The smallest absolute Gasteiger partial charge is 0.238 e. The molecule has 3 N–H and O–H groups in total. The van der Waals surface area contributed by atoms with Crippen molar-refractivity contribution in [1.82, 2.24) is 10.6 Å². The molecule has 2 amide bonds. The maximum absolute atomic E-state index is 12.3. The van der Waals surface area contributed by atoms with Crippen molar-refractivity contribution in [3.8, 4) is 17.2 Å². The molecule has 1 heterocycles. The SMILES string of the molecule is COc1ccc(C)cc1NC(=O)CNC(C)C(=O)NCc1ccc2c(c1)OCO2. The molecule has 29 heavy (non-hydrogen) atoms. The van der Waals surface area contributed by atoms with Crippen LogP contribution in [0, 0.1) is 6.92 Å². The van der Waals surface area contributed by atoms with Gasteiger partial charge in [0.25, 0.3) is 0 Å². The number of ether oxygens (including phenoxy) is 3. The van der Waals surface area contributed by atoms with Crippen molar-refractivity contribution < 1.29 is 23.8 Å². The molecule has 1 aliphatic heterocycles. The Labute approximate surface area is 169 Å². The number of hydrogen-bond donors (Lipinski definition) is 3. The summed E-state index contributed by atoms with van der Waals surface area (Å²) in [4.78, 5) is 24.5. The second-order valence-corrected chi connectivity index (χ2v) is 6.76. The number of fused-ring (bicyclic) bond motifs is 1. The van der Waals surface area contributed by atoms with Gasteiger partial charge < -0.3 is 24.8 Å². The second kappa shape index (κ2) is 9.29. The van der Waals surface area contributed by atoms with Gasteiger partial charge in [0, 0.05) is 6.54 Å². The number of carbonyl (C=O) groups excluding carboxylic acids is 2. The minimum atomic E-state index is -0.533. The molecule has 3 rings (SSSR count). The predicted octanol–water partition coefficient (Wildman–Crippen LogP) is 1.97. The van der Waals surface area contributed by atoms with Crippen molar-refractivity contribution >= 4 is 17.5 Å². The summed E-state index contributed by atoms with van der Waals surface area (Å²) in [5.74, 6) is 1.49. The summed E-state index contributed by atoms with van der Waals surface area (Å²) in [5.41, 5.74) is 2.50. The maximum Gasteiger partial charge on any atom is 0.238 e. The van der Waals surface area contributed by atoms with E-state index in [1.165, 1.54) is 0 Å². The van der Waals surface area contributed by atoms with Crippen LogP contribution in [-0.4, -0.2) is 38.3 Å². The first kappa shape index (κ1) is 20.5. The first-order valence-corrected chi connectivity index (χ1v) is 9.30. The molecule has 0 radical (unpaired) electrons. The van der Waals surface area contributed by atoms with Gasteiger partial charge in [-0.2, -0.15) is 0 Å². The Bertz CT molecular complexity index is 900. The average Bonchev–Trinajstić information content (AvgIpc) is 3.18. The summed E-state index contributed by atoms with van der Waals surface area (Å²) in [5, 5.41) is 8.56. The largest absolute Gasteiger partial charge is 0.495 e. The lowest BCUT2D eigenvalue weighted by Crippen LogP contribution is -2.44. The summed E-state index contributed by atoms with van der Waals surface area (Å²) in [6.07, 6.45) is 0. The van der Waals surface area contributed by atoms with Crippen molar-refractivity contribution in [2.75, 3.05) is 25.8 Å². The molecule has 1 aliphatic rings. The zero-order valence-corrected chi connectivity index (χ0v) is 16.7. The number of rotatable bonds is 8. The highest BCUT2D eigenvalue weighted by molar-refractivity contribution is 5.94. The van der Waals surface area contributed by atoms with E-state index < -0.39 is 6.04 Å². The zero-order valence-electron chi connectivity index (χ0n) is 16.7. The second-order valence-electron chi connectivity index (χ2n) is 6.76. The van der Waals surface area contributed by atoms with Crippen LogP contribution in [0.2, 0.25) is 0 Å². The van der Waals surface area contributed by atoms with Gasteiger partial charge in [-0.15, -0.1) is 0 Å². The van der Waals surface area contributed by atoms with Crippen LogP contribution in [0.15, 0.2) is 36.4 Å². The van der Waals surface area contributed by atoms with Gasteiger partial charge in [-0.05, 0) is 49.2 Å². The number of carbonyl (C=O) groups is 2. The van der Waals surface area contributed by atoms with Crippen LogP contribution in [0.1, 0.15) is 18.1 Å². The Morgan fingerprint density at radius 1 is 1.14 bits per heavy atom. The van der Waals surface area contributed by atoms with Crippen LogP contribution in [0.5, 0.6) is 17.2 Å². The van der Waals surface area contributed by atoms with Crippen LogP contribution in [0.3, 0.4) is 0 Å². The van der Waals surface area contributed by atoms with Gasteiger partial charge >= 0.3 is 0 Å². The minimum absolute atomic E-state index is 0.00426. The van der Waals surface area contributed by atoms with Gasteiger partial charge in [0.05, 0.1) is 25.4 Å². The minimum Gasteiger partial charge on any atom is -0.495 e. The fraction of sp³-hybridized carbons (Fsp3) is 0.333. The highest BCUT2D eigenvalue weighted by Crippen LogP contribution is 2.32. The molecule has 2 aromatic rings. The van der Waals surface area contributed by atoms with Crippen molar-refractivity contribution in [2.45, 2.75) is 26.4 Å². The van der Waals surface area contributed by atoms with E-state index in [-0.39, 0.29) is 25.2 Å². The van der Waals surface area contributed by atoms with E-state index in [2.05, 4.69) is 16.0 Å². The van der Waals surface area contributed by atoms with E-state index in [0.717, 1.165) is 11.1 Å². The van der Waals surface area contributed by atoms with Crippen molar-refractivity contribution in [2.24, 2.45) is 0 Å². The fourth-order valence-corrected chi connectivity index (χ4v) is 2.85. The molecule has 154 valence electrons. The van der Waals surface area contributed by atoms with Crippen molar-refractivity contribution in [1.29, 1.82) is 0 Å². The molecule has 0 saturated heterocycles. The quantitative estimate of drug-likeness (QED) is 0.628. The van der Waals surface area contributed by atoms with Gasteiger partial charge in [-0.1, -0.05) is 12.1 Å². The summed E-state index contributed by atoms with van der Waals surface area (Å²) in [6.45, 7) is 4.20. The Hall–Kier alpha value is -3.26. The van der Waals surface area contributed by atoms with Crippen molar-refractivity contribution in [3.05, 3.63) is 47.5 Å². The van der Waals surface area contributed by atoms with E-state index >= 15 is 0 Å². The number of amides is 2. The molecular formula is C21H25N3O5. The zero-order chi connectivity index (χ0) is 20.8. The Kier molecular flexibility index (Phi) is 6.56. The van der Waals surface area contributed by atoms with Gasteiger partial charge in [0.2, 0.25) is 18.6 Å². The lowest BCUT2D eigenvalue weighted by atomic mass is 10.2. The Morgan fingerprint density at radius 2 is 1.93 bits per heavy atom. The number of nitrogens with one attached hydrogen (secondary N) is 3. The Morgan fingerprint density at radius 3 is 2.72 bits per heavy atom. The number of anilines is 1. The van der Waals surface area contributed by atoms with E-state index in [1.807, 2.05) is 37.3 Å². The number of methoxy groups -OCH3 is 1. The van der Waals surface area contributed by atoms with Crippen molar-refractivity contribution in [3.63, 3.8) is 0 Å². The molecule has 0 aromatic heterocycles. The van der Waals surface area contributed by atoms with Gasteiger partial charge in [0.15, 0.2) is 11.5 Å². The molecular weight excluding hydrogens is 374 g/mol. The molecule has 0 bridgehead atoms. The first-order valence-electron chi connectivity index (χ1n) is 9.30. The van der Waals surface area contributed by atoms with Gasteiger partial charge in [0.1, 0.15) is 5.75 Å². The predicted molar refractivity (Wildman–Crippen MR) is 108 cm³/mol. The fourth-order valence-electron chi connectivity index (χ4n) is 2.85. The summed E-state index contributed by atoms with van der Waals surface area (Å²) >= 11 is 0. The topological polar surface area (TPSA) is 97.9 Å². The van der Waals surface area contributed by atoms with Crippen LogP contribution >= 0.6 is 0 Å². The van der Waals surface area contributed by atoms with E-state index in [0.29, 0.717) is 29.5 Å². The van der Waals surface area contributed by atoms with Crippen LogP contribution in [-0.2, 0) is 16.1 Å². The number of hydrogen-bond acceptors (Lipinski definition) is 6. The molecule has 8 nitrogen and oxygen atoms in total.